The molecule has 0 bridgehead atoms. The van der Waals surface area contributed by atoms with Crippen LogP contribution in [0.4, 0.5) is 0 Å². The van der Waals surface area contributed by atoms with Gasteiger partial charge in [0.1, 0.15) is 5.75 Å². The van der Waals surface area contributed by atoms with Crippen molar-refractivity contribution in [3.8, 4) is 5.75 Å². The van der Waals surface area contributed by atoms with Gasteiger partial charge in [-0.1, -0.05) is 6.07 Å². The Labute approximate surface area is 111 Å². The molecule has 100 valence electrons. The lowest BCUT2D eigenvalue weighted by Gasteiger charge is -2.14. The first-order chi connectivity index (χ1) is 8.70. The van der Waals surface area contributed by atoms with Gasteiger partial charge in [0, 0.05) is 28.9 Å². The summed E-state index contributed by atoms with van der Waals surface area (Å²) in [6.07, 6.45) is 5.02. The van der Waals surface area contributed by atoms with E-state index in [0.29, 0.717) is 6.04 Å². The van der Waals surface area contributed by atoms with Crippen LogP contribution in [0.15, 0.2) is 18.2 Å². The minimum Gasteiger partial charge on any atom is -0.497 e. The molecular formula is C14H21NO2S. The van der Waals surface area contributed by atoms with E-state index in [1.165, 1.54) is 11.1 Å². The lowest BCUT2D eigenvalue weighted by atomic mass is 10.1. The number of ether oxygens (including phenoxy) is 1. The summed E-state index contributed by atoms with van der Waals surface area (Å²) < 4.78 is 16.3. The highest BCUT2D eigenvalue weighted by Crippen LogP contribution is 2.33. The Morgan fingerprint density at radius 2 is 2.33 bits per heavy atom. The maximum atomic E-state index is 11.0. The fourth-order valence-corrected chi connectivity index (χ4v) is 3.02. The average molecular weight is 267 g/mol. The predicted octanol–water partition coefficient (Wildman–Crippen LogP) is 2.04. The SMILES string of the molecule is COc1ccc2c(c1)C(NCCCS(C)=O)CC2. The summed E-state index contributed by atoms with van der Waals surface area (Å²) in [5, 5.41) is 3.55. The Hall–Kier alpha value is -0.870. The number of nitrogens with one attached hydrogen (secondary N) is 1. The van der Waals surface area contributed by atoms with Crippen molar-refractivity contribution in [2.45, 2.75) is 25.3 Å². The Kier molecular flexibility index (Phi) is 4.78. The van der Waals surface area contributed by atoms with Crippen LogP contribution in [-0.4, -0.2) is 29.9 Å². The number of hydrogen-bond donors (Lipinski definition) is 1. The molecule has 0 aromatic heterocycles. The molecular weight excluding hydrogens is 246 g/mol. The van der Waals surface area contributed by atoms with Crippen LogP contribution in [0.1, 0.15) is 30.0 Å². The maximum Gasteiger partial charge on any atom is 0.119 e. The monoisotopic (exact) mass is 267 g/mol. The molecule has 2 rings (SSSR count). The van der Waals surface area contributed by atoms with Gasteiger partial charge >= 0.3 is 0 Å². The Morgan fingerprint density at radius 1 is 1.50 bits per heavy atom. The first-order valence-electron chi connectivity index (χ1n) is 6.41. The molecule has 0 radical (unpaired) electrons. The van der Waals surface area contributed by atoms with Crippen LogP contribution in [-0.2, 0) is 17.2 Å². The molecule has 2 unspecified atom stereocenters. The number of methoxy groups -OCH3 is 1. The van der Waals surface area contributed by atoms with Crippen molar-refractivity contribution in [2.75, 3.05) is 25.7 Å². The van der Waals surface area contributed by atoms with Crippen LogP contribution in [0.3, 0.4) is 0 Å². The Balaban J connectivity index is 1.91. The van der Waals surface area contributed by atoms with Crippen molar-refractivity contribution in [1.82, 2.24) is 5.32 Å². The van der Waals surface area contributed by atoms with E-state index in [2.05, 4.69) is 17.4 Å². The fourth-order valence-electron chi connectivity index (χ4n) is 2.47. The maximum absolute atomic E-state index is 11.0. The van der Waals surface area contributed by atoms with Crippen molar-refractivity contribution in [3.05, 3.63) is 29.3 Å². The van der Waals surface area contributed by atoms with Gasteiger partial charge in [-0.25, -0.2) is 0 Å². The van der Waals surface area contributed by atoms with Gasteiger partial charge in [0.05, 0.1) is 7.11 Å². The predicted molar refractivity (Wildman–Crippen MR) is 75.6 cm³/mol. The minimum absolute atomic E-state index is 0.431. The number of aryl methyl sites for hydroxylation is 1. The Bertz CT molecular complexity index is 434. The molecule has 1 aliphatic rings. The number of benzene rings is 1. The lowest BCUT2D eigenvalue weighted by Crippen LogP contribution is -2.21. The van der Waals surface area contributed by atoms with Crippen molar-refractivity contribution < 1.29 is 8.95 Å². The highest BCUT2D eigenvalue weighted by Gasteiger charge is 2.22. The van der Waals surface area contributed by atoms with Gasteiger partial charge in [-0.2, -0.15) is 0 Å². The zero-order valence-electron chi connectivity index (χ0n) is 11.1. The highest BCUT2D eigenvalue weighted by atomic mass is 32.2. The third kappa shape index (κ3) is 3.33. The summed E-state index contributed by atoms with van der Waals surface area (Å²) in [4.78, 5) is 0. The van der Waals surface area contributed by atoms with Gasteiger partial charge in [-0.05, 0) is 49.1 Å². The van der Waals surface area contributed by atoms with Crippen molar-refractivity contribution in [3.63, 3.8) is 0 Å². The standard InChI is InChI=1S/C14H21NO2S/c1-17-12-6-4-11-5-7-14(13(11)10-12)15-8-3-9-18(2)16/h4,6,10,14-15H,3,5,7-9H2,1-2H3. The van der Waals surface area contributed by atoms with Gasteiger partial charge in [-0.15, -0.1) is 0 Å². The van der Waals surface area contributed by atoms with Crippen molar-refractivity contribution >= 4 is 10.8 Å². The second kappa shape index (κ2) is 6.34. The molecule has 4 heteroatoms. The summed E-state index contributed by atoms with van der Waals surface area (Å²) in [5.74, 6) is 1.71. The molecule has 0 heterocycles. The number of rotatable bonds is 6. The molecule has 0 amide bonds. The van der Waals surface area contributed by atoms with E-state index in [1.807, 2.05) is 6.07 Å². The molecule has 1 aromatic carbocycles. The average Bonchev–Trinajstić information content (AvgIpc) is 2.76. The smallest absolute Gasteiger partial charge is 0.119 e. The second-order valence-corrected chi connectivity index (χ2v) is 6.30. The van der Waals surface area contributed by atoms with Gasteiger partial charge in [-0.3, -0.25) is 4.21 Å². The van der Waals surface area contributed by atoms with Crippen LogP contribution in [0, 0.1) is 0 Å². The van der Waals surface area contributed by atoms with Crippen LogP contribution in [0.25, 0.3) is 0 Å². The van der Waals surface area contributed by atoms with E-state index in [0.717, 1.165) is 37.3 Å². The third-order valence-corrected chi connectivity index (χ3v) is 4.29. The first-order valence-corrected chi connectivity index (χ1v) is 8.13. The highest BCUT2D eigenvalue weighted by molar-refractivity contribution is 7.84. The molecule has 0 saturated carbocycles. The molecule has 0 saturated heterocycles. The molecule has 1 N–H and O–H groups in total. The quantitative estimate of drug-likeness (QED) is 0.802. The lowest BCUT2D eigenvalue weighted by molar-refractivity contribution is 0.413. The van der Waals surface area contributed by atoms with Crippen molar-refractivity contribution in [1.29, 1.82) is 0 Å². The van der Waals surface area contributed by atoms with E-state index >= 15 is 0 Å². The third-order valence-electron chi connectivity index (χ3n) is 3.43. The molecule has 0 aliphatic heterocycles. The van der Waals surface area contributed by atoms with E-state index in [1.54, 1.807) is 13.4 Å². The van der Waals surface area contributed by atoms with Gasteiger partial charge in [0.25, 0.3) is 0 Å². The number of fused-ring (bicyclic) bond motifs is 1. The summed E-state index contributed by atoms with van der Waals surface area (Å²) in [6.45, 7) is 0.931. The van der Waals surface area contributed by atoms with Gasteiger partial charge in [0.2, 0.25) is 0 Å². The van der Waals surface area contributed by atoms with E-state index in [4.69, 9.17) is 4.74 Å². The second-order valence-electron chi connectivity index (χ2n) is 4.74. The van der Waals surface area contributed by atoms with Gasteiger partial charge in [0.15, 0.2) is 0 Å². The normalized spacial score (nSPS) is 19.6. The first kappa shape index (κ1) is 13.6. The zero-order valence-corrected chi connectivity index (χ0v) is 11.9. The van der Waals surface area contributed by atoms with E-state index in [9.17, 15) is 4.21 Å². The van der Waals surface area contributed by atoms with Crippen LogP contribution in [0.5, 0.6) is 5.75 Å². The molecule has 0 fully saturated rings. The molecule has 1 aromatic rings. The Morgan fingerprint density at radius 3 is 3.06 bits per heavy atom. The topological polar surface area (TPSA) is 38.3 Å². The summed E-state index contributed by atoms with van der Waals surface area (Å²) in [7, 11) is 1.03. The minimum atomic E-state index is -0.679. The zero-order chi connectivity index (χ0) is 13.0. The largest absolute Gasteiger partial charge is 0.497 e. The van der Waals surface area contributed by atoms with E-state index < -0.39 is 10.8 Å². The van der Waals surface area contributed by atoms with E-state index in [-0.39, 0.29) is 0 Å². The molecule has 0 spiro atoms. The van der Waals surface area contributed by atoms with Crippen molar-refractivity contribution in [2.24, 2.45) is 0 Å². The molecule has 3 nitrogen and oxygen atoms in total. The van der Waals surface area contributed by atoms with Crippen LogP contribution < -0.4 is 10.1 Å². The summed E-state index contributed by atoms with van der Waals surface area (Å²) in [5.41, 5.74) is 2.79. The molecule has 2 atom stereocenters. The van der Waals surface area contributed by atoms with Crippen LogP contribution >= 0.6 is 0 Å². The fraction of sp³-hybridized carbons (Fsp3) is 0.571. The summed E-state index contributed by atoms with van der Waals surface area (Å²) >= 11 is 0. The van der Waals surface area contributed by atoms with Crippen LogP contribution in [0.2, 0.25) is 0 Å². The molecule has 18 heavy (non-hydrogen) atoms. The summed E-state index contributed by atoms with van der Waals surface area (Å²) in [6, 6.07) is 6.76. The number of hydrogen-bond acceptors (Lipinski definition) is 3. The van der Waals surface area contributed by atoms with Gasteiger partial charge < -0.3 is 10.1 Å². The molecule has 1 aliphatic carbocycles.